The van der Waals surface area contributed by atoms with E-state index in [2.05, 4.69) is 22.0 Å². The maximum Gasteiger partial charge on any atom is 0.0223 e. The van der Waals surface area contributed by atoms with Gasteiger partial charge in [0.2, 0.25) is 0 Å². The van der Waals surface area contributed by atoms with Crippen LogP contribution in [-0.2, 0) is 0 Å². The fourth-order valence-electron chi connectivity index (χ4n) is 4.33. The van der Waals surface area contributed by atoms with Gasteiger partial charge in [-0.2, -0.15) is 0 Å². The molecule has 3 atom stereocenters. The van der Waals surface area contributed by atoms with Gasteiger partial charge in [-0.3, -0.25) is 9.80 Å². The highest BCUT2D eigenvalue weighted by molar-refractivity contribution is 4.92. The van der Waals surface area contributed by atoms with Crippen LogP contribution >= 0.6 is 0 Å². The molecule has 0 bridgehead atoms. The van der Waals surface area contributed by atoms with Gasteiger partial charge < -0.3 is 5.32 Å². The molecule has 3 unspecified atom stereocenters. The molecule has 0 amide bonds. The highest BCUT2D eigenvalue weighted by atomic mass is 15.3. The Morgan fingerprint density at radius 3 is 2.74 bits per heavy atom. The third-order valence-corrected chi connectivity index (χ3v) is 5.47. The van der Waals surface area contributed by atoms with Gasteiger partial charge in [0.15, 0.2) is 0 Å². The highest BCUT2D eigenvalue weighted by Crippen LogP contribution is 2.28. The van der Waals surface area contributed by atoms with Crippen molar-refractivity contribution in [1.29, 1.82) is 0 Å². The first-order chi connectivity index (χ1) is 9.36. The molecule has 0 aromatic heterocycles. The Morgan fingerprint density at radius 2 is 1.84 bits per heavy atom. The van der Waals surface area contributed by atoms with Crippen LogP contribution in [-0.4, -0.2) is 60.6 Å². The molecule has 2 heterocycles. The Hall–Kier alpha value is -0.120. The molecule has 3 fully saturated rings. The Kier molecular flexibility index (Phi) is 4.78. The fourth-order valence-corrected chi connectivity index (χ4v) is 4.33. The third-order valence-electron chi connectivity index (χ3n) is 5.47. The van der Waals surface area contributed by atoms with Gasteiger partial charge in [0.25, 0.3) is 0 Å². The maximum absolute atomic E-state index is 3.72. The molecule has 110 valence electrons. The van der Waals surface area contributed by atoms with Crippen molar-refractivity contribution in [2.75, 3.05) is 32.7 Å². The van der Waals surface area contributed by atoms with E-state index in [1.165, 1.54) is 77.7 Å². The van der Waals surface area contributed by atoms with E-state index in [1.54, 1.807) is 0 Å². The molecule has 0 aromatic carbocycles. The van der Waals surface area contributed by atoms with E-state index in [4.69, 9.17) is 0 Å². The minimum absolute atomic E-state index is 0.800. The molecule has 3 rings (SSSR count). The smallest absolute Gasteiger partial charge is 0.0223 e. The van der Waals surface area contributed by atoms with Crippen molar-refractivity contribution in [2.45, 2.75) is 70.0 Å². The summed E-state index contributed by atoms with van der Waals surface area (Å²) in [7, 11) is 0. The van der Waals surface area contributed by atoms with Crippen LogP contribution in [0.1, 0.15) is 51.9 Å². The van der Waals surface area contributed by atoms with E-state index in [-0.39, 0.29) is 0 Å². The lowest BCUT2D eigenvalue weighted by molar-refractivity contribution is 0.0282. The van der Waals surface area contributed by atoms with Crippen molar-refractivity contribution >= 4 is 0 Å². The second kappa shape index (κ2) is 6.55. The molecule has 3 nitrogen and oxygen atoms in total. The van der Waals surface area contributed by atoms with Crippen molar-refractivity contribution in [2.24, 2.45) is 0 Å². The lowest BCUT2D eigenvalue weighted by atomic mass is 9.98. The van der Waals surface area contributed by atoms with E-state index < -0.39 is 0 Å². The quantitative estimate of drug-likeness (QED) is 0.839. The van der Waals surface area contributed by atoms with Crippen molar-refractivity contribution < 1.29 is 0 Å². The van der Waals surface area contributed by atoms with Crippen LogP contribution < -0.4 is 5.32 Å². The van der Waals surface area contributed by atoms with E-state index in [1.807, 2.05) is 0 Å². The first-order valence-electron chi connectivity index (χ1n) is 8.58. The summed E-state index contributed by atoms with van der Waals surface area (Å²) in [5.74, 6) is 0. The second-order valence-corrected chi connectivity index (χ2v) is 6.80. The van der Waals surface area contributed by atoms with Crippen LogP contribution in [0.2, 0.25) is 0 Å². The lowest BCUT2D eigenvalue weighted by Gasteiger charge is -2.46. The fraction of sp³-hybridized carbons (Fsp3) is 1.00. The van der Waals surface area contributed by atoms with Gasteiger partial charge in [-0.05, 0) is 51.6 Å². The largest absolute Gasteiger partial charge is 0.314 e. The summed E-state index contributed by atoms with van der Waals surface area (Å²) in [4.78, 5) is 5.57. The number of nitrogens with one attached hydrogen (secondary N) is 1. The number of piperidine rings is 1. The molecular weight excluding hydrogens is 234 g/mol. The van der Waals surface area contributed by atoms with E-state index >= 15 is 0 Å². The molecule has 3 heteroatoms. The maximum atomic E-state index is 3.72. The Balaban J connectivity index is 1.47. The van der Waals surface area contributed by atoms with Crippen molar-refractivity contribution in [3.05, 3.63) is 0 Å². The van der Waals surface area contributed by atoms with Crippen LogP contribution in [0.25, 0.3) is 0 Å². The molecule has 0 radical (unpaired) electrons. The molecule has 1 aliphatic carbocycles. The standard InChI is InChI=1S/C16H31N3/c1-2-8-17-14-6-7-15(12-14)19-11-10-18-9-4-3-5-16(18)13-19/h14-17H,2-13H2,1H3. The topological polar surface area (TPSA) is 18.5 Å². The minimum atomic E-state index is 0.800. The first-order valence-corrected chi connectivity index (χ1v) is 8.58. The van der Waals surface area contributed by atoms with Gasteiger partial charge in [0, 0.05) is 37.8 Å². The Labute approximate surface area is 118 Å². The molecule has 1 saturated carbocycles. The predicted molar refractivity (Wildman–Crippen MR) is 80.5 cm³/mol. The number of piperazine rings is 1. The van der Waals surface area contributed by atoms with Gasteiger partial charge in [0.05, 0.1) is 0 Å². The van der Waals surface area contributed by atoms with E-state index in [0.717, 1.165) is 18.1 Å². The normalized spacial score (nSPS) is 37.4. The van der Waals surface area contributed by atoms with Crippen LogP contribution in [0.15, 0.2) is 0 Å². The molecule has 0 aromatic rings. The van der Waals surface area contributed by atoms with Gasteiger partial charge >= 0.3 is 0 Å². The number of rotatable bonds is 4. The van der Waals surface area contributed by atoms with Crippen LogP contribution in [0.4, 0.5) is 0 Å². The molecule has 0 spiro atoms. The molecule has 3 aliphatic rings. The van der Waals surface area contributed by atoms with Crippen LogP contribution in [0.5, 0.6) is 0 Å². The highest BCUT2D eigenvalue weighted by Gasteiger charge is 2.35. The molecule has 2 saturated heterocycles. The minimum Gasteiger partial charge on any atom is -0.314 e. The van der Waals surface area contributed by atoms with Gasteiger partial charge in [-0.25, -0.2) is 0 Å². The Bertz CT molecular complexity index is 281. The SMILES string of the molecule is CCCNC1CCC(N2CCN3CCCCC3C2)C1. The lowest BCUT2D eigenvalue weighted by Crippen LogP contribution is -2.56. The van der Waals surface area contributed by atoms with Crippen molar-refractivity contribution in [3.8, 4) is 0 Å². The number of hydrogen-bond donors (Lipinski definition) is 1. The monoisotopic (exact) mass is 265 g/mol. The zero-order valence-corrected chi connectivity index (χ0v) is 12.6. The van der Waals surface area contributed by atoms with Crippen LogP contribution in [0.3, 0.4) is 0 Å². The molecule has 19 heavy (non-hydrogen) atoms. The zero-order valence-electron chi connectivity index (χ0n) is 12.6. The van der Waals surface area contributed by atoms with E-state index in [0.29, 0.717) is 0 Å². The van der Waals surface area contributed by atoms with Gasteiger partial charge in [-0.1, -0.05) is 13.3 Å². The molecule has 1 N–H and O–H groups in total. The van der Waals surface area contributed by atoms with Crippen molar-refractivity contribution in [3.63, 3.8) is 0 Å². The zero-order chi connectivity index (χ0) is 13.1. The summed E-state index contributed by atoms with van der Waals surface area (Å²) in [6.07, 6.45) is 9.82. The molecular formula is C16H31N3. The number of nitrogens with zero attached hydrogens (tertiary/aromatic N) is 2. The van der Waals surface area contributed by atoms with Gasteiger partial charge in [0.1, 0.15) is 0 Å². The summed E-state index contributed by atoms with van der Waals surface area (Å²) in [6.45, 7) is 8.83. The first kappa shape index (κ1) is 13.8. The number of hydrogen-bond acceptors (Lipinski definition) is 3. The predicted octanol–water partition coefficient (Wildman–Crippen LogP) is 2.08. The Morgan fingerprint density at radius 1 is 0.947 bits per heavy atom. The van der Waals surface area contributed by atoms with Gasteiger partial charge in [-0.15, -0.1) is 0 Å². The number of fused-ring (bicyclic) bond motifs is 1. The summed E-state index contributed by atoms with van der Waals surface area (Å²) in [6, 6.07) is 2.55. The molecule has 2 aliphatic heterocycles. The van der Waals surface area contributed by atoms with E-state index in [9.17, 15) is 0 Å². The summed E-state index contributed by atoms with van der Waals surface area (Å²) in [5.41, 5.74) is 0. The van der Waals surface area contributed by atoms with Crippen molar-refractivity contribution in [1.82, 2.24) is 15.1 Å². The second-order valence-electron chi connectivity index (χ2n) is 6.80. The summed E-state index contributed by atoms with van der Waals surface area (Å²) >= 11 is 0. The summed E-state index contributed by atoms with van der Waals surface area (Å²) in [5, 5.41) is 3.72. The third kappa shape index (κ3) is 3.32. The van der Waals surface area contributed by atoms with Crippen LogP contribution in [0, 0.1) is 0 Å². The average Bonchev–Trinajstić information content (AvgIpc) is 2.93. The average molecular weight is 265 g/mol. The summed E-state index contributed by atoms with van der Waals surface area (Å²) < 4.78 is 0.